The molecule has 1 saturated heterocycles. The minimum Gasteiger partial charge on any atom is -0.494 e. The second-order valence-corrected chi connectivity index (χ2v) is 7.87. The van der Waals surface area contributed by atoms with Crippen LogP contribution >= 0.6 is 0 Å². The van der Waals surface area contributed by atoms with E-state index in [1.54, 1.807) is 22.8 Å². The molecular weight excluding hydrogens is 394 g/mol. The van der Waals surface area contributed by atoms with Gasteiger partial charge in [-0.15, -0.1) is 0 Å². The molecule has 2 aromatic carbocycles. The van der Waals surface area contributed by atoms with Gasteiger partial charge in [0, 0.05) is 13.1 Å². The van der Waals surface area contributed by atoms with Gasteiger partial charge in [0.2, 0.25) is 5.95 Å². The van der Waals surface area contributed by atoms with Crippen LogP contribution < -0.4 is 15.2 Å². The molecule has 1 aromatic heterocycles. The van der Waals surface area contributed by atoms with Crippen LogP contribution in [0, 0.1) is 5.92 Å². The lowest BCUT2D eigenvalue weighted by Crippen LogP contribution is -2.38. The number of carbonyl (C=O) groups is 1. The highest BCUT2D eigenvalue weighted by molar-refractivity contribution is 5.94. The van der Waals surface area contributed by atoms with Gasteiger partial charge < -0.3 is 14.4 Å². The van der Waals surface area contributed by atoms with Crippen molar-refractivity contribution < 1.29 is 14.3 Å². The Morgan fingerprint density at radius 1 is 1.13 bits per heavy atom. The van der Waals surface area contributed by atoms with Crippen LogP contribution in [0.15, 0.2) is 47.3 Å². The Balaban J connectivity index is 1.89. The van der Waals surface area contributed by atoms with Gasteiger partial charge in [-0.2, -0.15) is 0 Å². The third-order valence-corrected chi connectivity index (χ3v) is 5.75. The molecule has 1 aliphatic heterocycles. The van der Waals surface area contributed by atoms with Crippen molar-refractivity contribution in [1.29, 1.82) is 0 Å². The summed E-state index contributed by atoms with van der Waals surface area (Å²) in [5, 5.41) is 0.454. The number of fused-ring (bicyclic) bond motifs is 1. The zero-order valence-electron chi connectivity index (χ0n) is 18.1. The summed E-state index contributed by atoms with van der Waals surface area (Å²) in [5.41, 5.74) is 1.43. The molecule has 2 heterocycles. The summed E-state index contributed by atoms with van der Waals surface area (Å²) in [5.74, 6) is 1.54. The van der Waals surface area contributed by atoms with E-state index in [2.05, 4.69) is 11.8 Å². The number of carbonyl (C=O) groups excluding carboxylic acids is 1. The second kappa shape index (κ2) is 8.79. The van der Waals surface area contributed by atoms with E-state index in [0.717, 1.165) is 37.4 Å². The Morgan fingerprint density at radius 2 is 1.84 bits per heavy atom. The van der Waals surface area contributed by atoms with E-state index in [9.17, 15) is 9.59 Å². The smallest absolute Gasteiger partial charge is 0.337 e. The molecule has 3 aromatic rings. The van der Waals surface area contributed by atoms with Gasteiger partial charge in [0.25, 0.3) is 5.56 Å². The molecule has 7 heteroatoms. The Bertz CT molecular complexity index is 1150. The van der Waals surface area contributed by atoms with E-state index in [-0.39, 0.29) is 5.56 Å². The highest BCUT2D eigenvalue weighted by Crippen LogP contribution is 2.26. The first-order valence-corrected chi connectivity index (χ1v) is 10.6. The lowest BCUT2D eigenvalue weighted by atomic mass is 9.99. The zero-order chi connectivity index (χ0) is 22.0. The third kappa shape index (κ3) is 4.13. The minimum absolute atomic E-state index is 0.167. The van der Waals surface area contributed by atoms with E-state index in [1.807, 2.05) is 31.2 Å². The number of anilines is 1. The topological polar surface area (TPSA) is 73.7 Å². The van der Waals surface area contributed by atoms with E-state index < -0.39 is 5.97 Å². The van der Waals surface area contributed by atoms with Crippen LogP contribution in [-0.2, 0) is 4.74 Å². The normalized spacial score (nSPS) is 14.6. The summed E-state index contributed by atoms with van der Waals surface area (Å²) in [7, 11) is 1.34. The molecule has 0 radical (unpaired) electrons. The van der Waals surface area contributed by atoms with Crippen molar-refractivity contribution in [3.63, 3.8) is 0 Å². The predicted octanol–water partition coefficient (Wildman–Crippen LogP) is 3.81. The Labute approximate surface area is 181 Å². The first kappa shape index (κ1) is 20.9. The fourth-order valence-corrected chi connectivity index (χ4v) is 3.93. The van der Waals surface area contributed by atoms with Crippen LogP contribution in [0.2, 0.25) is 0 Å². The molecule has 1 fully saturated rings. The molecule has 7 nitrogen and oxygen atoms in total. The van der Waals surface area contributed by atoms with Crippen molar-refractivity contribution >= 4 is 22.8 Å². The van der Waals surface area contributed by atoms with Crippen LogP contribution in [0.1, 0.15) is 37.0 Å². The first-order chi connectivity index (χ1) is 15.0. The predicted molar refractivity (Wildman–Crippen MR) is 120 cm³/mol. The number of rotatable bonds is 5. The first-order valence-electron chi connectivity index (χ1n) is 10.6. The number of hydrogen-bond acceptors (Lipinski definition) is 6. The van der Waals surface area contributed by atoms with Crippen LogP contribution in [0.5, 0.6) is 5.75 Å². The lowest BCUT2D eigenvalue weighted by molar-refractivity contribution is 0.0601. The molecule has 0 N–H and O–H groups in total. The molecule has 0 aliphatic carbocycles. The highest BCUT2D eigenvalue weighted by Gasteiger charge is 2.23. The molecule has 0 amide bonds. The van der Waals surface area contributed by atoms with Crippen molar-refractivity contribution in [3.05, 3.63) is 58.4 Å². The zero-order valence-corrected chi connectivity index (χ0v) is 18.1. The van der Waals surface area contributed by atoms with Crippen molar-refractivity contribution in [2.24, 2.45) is 5.92 Å². The number of aromatic nitrogens is 2. The summed E-state index contributed by atoms with van der Waals surface area (Å²) in [6.45, 7) is 6.41. The largest absolute Gasteiger partial charge is 0.494 e. The molecule has 0 bridgehead atoms. The fourth-order valence-electron chi connectivity index (χ4n) is 3.93. The average molecular weight is 421 g/mol. The molecule has 0 saturated carbocycles. The second-order valence-electron chi connectivity index (χ2n) is 7.87. The molecular formula is C24H27N3O4. The monoisotopic (exact) mass is 421 g/mol. The number of ether oxygens (including phenoxy) is 2. The standard InChI is InChI=1S/C24H27N3O4/c1-4-31-19-8-6-18(7-9-19)27-22(28)20-10-5-17(23(29)30-3)15-21(20)25-24(27)26-13-11-16(2)12-14-26/h5-10,15-16H,4,11-14H2,1-3H3. The Hall–Kier alpha value is -3.35. The van der Waals surface area contributed by atoms with E-state index >= 15 is 0 Å². The SMILES string of the molecule is CCOc1ccc(-n2c(N3CCC(C)CC3)nc3cc(C(=O)OC)ccc3c2=O)cc1. The van der Waals surface area contributed by atoms with Crippen LogP contribution in [-0.4, -0.2) is 42.3 Å². The maximum Gasteiger partial charge on any atom is 0.337 e. The summed E-state index contributed by atoms with van der Waals surface area (Å²) >= 11 is 0. The van der Waals surface area contributed by atoms with Gasteiger partial charge in [0.05, 0.1) is 35.9 Å². The van der Waals surface area contributed by atoms with Gasteiger partial charge >= 0.3 is 5.97 Å². The average Bonchev–Trinajstić information content (AvgIpc) is 2.79. The van der Waals surface area contributed by atoms with Crippen molar-refractivity contribution in [2.75, 3.05) is 31.7 Å². The molecule has 0 atom stereocenters. The van der Waals surface area contributed by atoms with Gasteiger partial charge in [-0.05, 0) is 68.1 Å². The van der Waals surface area contributed by atoms with E-state index in [1.165, 1.54) is 7.11 Å². The van der Waals surface area contributed by atoms with Crippen molar-refractivity contribution in [3.8, 4) is 11.4 Å². The van der Waals surface area contributed by atoms with Crippen molar-refractivity contribution in [1.82, 2.24) is 9.55 Å². The van der Waals surface area contributed by atoms with Crippen molar-refractivity contribution in [2.45, 2.75) is 26.7 Å². The third-order valence-electron chi connectivity index (χ3n) is 5.75. The van der Waals surface area contributed by atoms with Gasteiger partial charge in [-0.1, -0.05) is 6.92 Å². The van der Waals surface area contributed by atoms with Crippen LogP contribution in [0.25, 0.3) is 16.6 Å². The van der Waals surface area contributed by atoms with Crippen LogP contribution in [0.4, 0.5) is 5.95 Å². The van der Waals surface area contributed by atoms with Gasteiger partial charge in [-0.25, -0.2) is 14.3 Å². The number of methoxy groups -OCH3 is 1. The Morgan fingerprint density at radius 3 is 2.48 bits per heavy atom. The number of esters is 1. The molecule has 31 heavy (non-hydrogen) atoms. The summed E-state index contributed by atoms with van der Waals surface area (Å²) in [6.07, 6.45) is 2.08. The van der Waals surface area contributed by atoms with Gasteiger partial charge in [0.15, 0.2) is 0 Å². The molecule has 0 unspecified atom stereocenters. The highest BCUT2D eigenvalue weighted by atomic mass is 16.5. The maximum absolute atomic E-state index is 13.6. The number of hydrogen-bond donors (Lipinski definition) is 0. The molecule has 162 valence electrons. The van der Waals surface area contributed by atoms with Crippen LogP contribution in [0.3, 0.4) is 0 Å². The Kier molecular flexibility index (Phi) is 5.93. The molecule has 0 spiro atoms. The summed E-state index contributed by atoms with van der Waals surface area (Å²) in [4.78, 5) is 32.6. The van der Waals surface area contributed by atoms with E-state index in [4.69, 9.17) is 14.5 Å². The van der Waals surface area contributed by atoms with E-state index in [0.29, 0.717) is 34.9 Å². The summed E-state index contributed by atoms with van der Waals surface area (Å²) in [6, 6.07) is 12.3. The number of benzene rings is 2. The molecule has 1 aliphatic rings. The lowest BCUT2D eigenvalue weighted by Gasteiger charge is -2.32. The maximum atomic E-state index is 13.6. The van der Waals surface area contributed by atoms with Gasteiger partial charge in [-0.3, -0.25) is 4.79 Å². The summed E-state index contributed by atoms with van der Waals surface area (Å²) < 4.78 is 12.0. The fraction of sp³-hybridized carbons (Fsp3) is 0.375. The minimum atomic E-state index is -0.451. The number of nitrogens with zero attached hydrogens (tertiary/aromatic N) is 3. The molecule has 4 rings (SSSR count). The number of piperidine rings is 1. The van der Waals surface area contributed by atoms with Gasteiger partial charge in [0.1, 0.15) is 5.75 Å². The quantitative estimate of drug-likeness (QED) is 0.584.